The van der Waals surface area contributed by atoms with Gasteiger partial charge in [0.15, 0.2) is 0 Å². The van der Waals surface area contributed by atoms with Crippen molar-refractivity contribution in [3.05, 3.63) is 52.6 Å². The first kappa shape index (κ1) is 14.4. The lowest BCUT2D eigenvalue weighted by atomic mass is 10.1. The summed E-state index contributed by atoms with van der Waals surface area (Å²) in [5, 5.41) is 3.41. The van der Waals surface area contributed by atoms with Crippen molar-refractivity contribution in [2.45, 2.75) is 25.8 Å². The molecule has 0 atom stereocenters. The molecule has 2 heterocycles. The fourth-order valence-corrected chi connectivity index (χ4v) is 2.87. The van der Waals surface area contributed by atoms with E-state index in [0.717, 1.165) is 35.6 Å². The summed E-state index contributed by atoms with van der Waals surface area (Å²) >= 11 is 3.45. The van der Waals surface area contributed by atoms with E-state index in [9.17, 15) is 0 Å². The molecule has 0 spiro atoms. The van der Waals surface area contributed by atoms with E-state index < -0.39 is 0 Å². The Kier molecular flexibility index (Phi) is 4.76. The van der Waals surface area contributed by atoms with Gasteiger partial charge in [-0.25, -0.2) is 4.98 Å². The number of pyridine rings is 1. The molecule has 1 aromatic carbocycles. The number of nitrogens with zero attached hydrogens (tertiary/aromatic N) is 2. The first-order chi connectivity index (χ1) is 10.3. The van der Waals surface area contributed by atoms with Gasteiger partial charge in [-0.05, 0) is 49.1 Å². The molecule has 0 radical (unpaired) electrons. The fourth-order valence-electron chi connectivity index (χ4n) is 2.61. The molecule has 0 bridgehead atoms. The molecule has 3 rings (SSSR count). The highest BCUT2D eigenvalue weighted by atomic mass is 79.9. The lowest BCUT2D eigenvalue weighted by molar-refractivity contribution is 0.573. The molecule has 2 aromatic rings. The molecule has 0 amide bonds. The Labute approximate surface area is 134 Å². The molecule has 0 aliphatic carbocycles. The highest BCUT2D eigenvalue weighted by Gasteiger charge is 2.11. The van der Waals surface area contributed by atoms with Crippen molar-refractivity contribution >= 4 is 27.4 Å². The smallest absolute Gasteiger partial charge is 0.128 e. The van der Waals surface area contributed by atoms with Crippen LogP contribution in [0.15, 0.2) is 47.1 Å². The summed E-state index contributed by atoms with van der Waals surface area (Å²) in [6.45, 7) is 3.09. The third kappa shape index (κ3) is 3.97. The molecule has 3 nitrogen and oxygen atoms in total. The quantitative estimate of drug-likeness (QED) is 0.887. The van der Waals surface area contributed by atoms with Crippen molar-refractivity contribution in [2.75, 3.05) is 23.3 Å². The zero-order valence-electron chi connectivity index (χ0n) is 12.1. The van der Waals surface area contributed by atoms with Gasteiger partial charge in [0.25, 0.3) is 0 Å². The van der Waals surface area contributed by atoms with Gasteiger partial charge in [0.05, 0.1) is 11.9 Å². The van der Waals surface area contributed by atoms with Crippen LogP contribution in [0.2, 0.25) is 0 Å². The van der Waals surface area contributed by atoms with Crippen molar-refractivity contribution in [2.24, 2.45) is 0 Å². The number of anilines is 2. The minimum Gasteiger partial charge on any atom is -0.380 e. The van der Waals surface area contributed by atoms with Crippen LogP contribution >= 0.6 is 15.9 Å². The van der Waals surface area contributed by atoms with Crippen LogP contribution in [0.3, 0.4) is 0 Å². The van der Waals surface area contributed by atoms with Crippen molar-refractivity contribution in [1.82, 2.24) is 4.98 Å². The predicted octanol–water partition coefficient (Wildman–Crippen LogP) is 4.45. The molecule has 0 unspecified atom stereocenters. The molecule has 1 aliphatic rings. The minimum absolute atomic E-state index is 0.817. The zero-order valence-corrected chi connectivity index (χ0v) is 13.6. The normalized spacial score (nSPS) is 15.0. The molecule has 1 aliphatic heterocycles. The van der Waals surface area contributed by atoms with Gasteiger partial charge in [-0.3, -0.25) is 0 Å². The SMILES string of the molecule is Brc1ccc(CNc2ccc(N3CCCCC3)nc2)cc1. The average molecular weight is 346 g/mol. The lowest BCUT2D eigenvalue weighted by Crippen LogP contribution is -2.30. The molecular weight excluding hydrogens is 326 g/mol. The first-order valence-corrected chi connectivity index (χ1v) is 8.30. The van der Waals surface area contributed by atoms with Crippen molar-refractivity contribution < 1.29 is 0 Å². The largest absolute Gasteiger partial charge is 0.380 e. The summed E-state index contributed by atoms with van der Waals surface area (Å²) in [5.41, 5.74) is 2.33. The summed E-state index contributed by atoms with van der Waals surface area (Å²) in [4.78, 5) is 6.96. The van der Waals surface area contributed by atoms with Crippen LogP contribution in [0.1, 0.15) is 24.8 Å². The van der Waals surface area contributed by atoms with Crippen LogP contribution in [0, 0.1) is 0 Å². The third-order valence-electron chi connectivity index (χ3n) is 3.84. The number of hydrogen-bond acceptors (Lipinski definition) is 3. The lowest BCUT2D eigenvalue weighted by Gasteiger charge is -2.27. The third-order valence-corrected chi connectivity index (χ3v) is 4.37. The second kappa shape index (κ2) is 6.94. The van der Waals surface area contributed by atoms with Gasteiger partial charge in [-0.2, -0.15) is 0 Å². The summed E-state index contributed by atoms with van der Waals surface area (Å²) in [5.74, 6) is 1.10. The maximum atomic E-state index is 4.58. The van der Waals surface area contributed by atoms with Crippen LogP contribution < -0.4 is 10.2 Å². The van der Waals surface area contributed by atoms with Crippen LogP contribution in [0.4, 0.5) is 11.5 Å². The second-order valence-corrected chi connectivity index (χ2v) is 6.35. The van der Waals surface area contributed by atoms with Gasteiger partial charge in [-0.1, -0.05) is 28.1 Å². The molecule has 1 N–H and O–H groups in total. The number of aromatic nitrogens is 1. The molecule has 1 fully saturated rings. The summed E-state index contributed by atoms with van der Waals surface area (Å²) in [7, 11) is 0. The first-order valence-electron chi connectivity index (χ1n) is 7.50. The van der Waals surface area contributed by atoms with E-state index >= 15 is 0 Å². The van der Waals surface area contributed by atoms with Crippen molar-refractivity contribution in [1.29, 1.82) is 0 Å². The van der Waals surface area contributed by atoms with Gasteiger partial charge in [0.1, 0.15) is 5.82 Å². The van der Waals surface area contributed by atoms with Crippen LogP contribution in [-0.2, 0) is 6.54 Å². The zero-order chi connectivity index (χ0) is 14.5. The predicted molar refractivity (Wildman–Crippen MR) is 91.8 cm³/mol. The van der Waals surface area contributed by atoms with Gasteiger partial charge >= 0.3 is 0 Å². The Balaban J connectivity index is 1.57. The van der Waals surface area contributed by atoms with Crippen LogP contribution in [0.25, 0.3) is 0 Å². The molecule has 4 heteroatoms. The highest BCUT2D eigenvalue weighted by Crippen LogP contribution is 2.19. The summed E-state index contributed by atoms with van der Waals surface area (Å²) in [6, 6.07) is 12.6. The number of piperidine rings is 1. The van der Waals surface area contributed by atoms with Crippen LogP contribution in [0.5, 0.6) is 0 Å². The van der Waals surface area contributed by atoms with Gasteiger partial charge in [0, 0.05) is 24.1 Å². The van der Waals surface area contributed by atoms with Gasteiger partial charge < -0.3 is 10.2 Å². The Bertz CT molecular complexity index is 560. The second-order valence-electron chi connectivity index (χ2n) is 5.43. The molecule has 0 saturated carbocycles. The average Bonchev–Trinajstić information content (AvgIpc) is 2.56. The van der Waals surface area contributed by atoms with E-state index in [1.807, 2.05) is 6.20 Å². The number of hydrogen-bond donors (Lipinski definition) is 1. The summed E-state index contributed by atoms with van der Waals surface area (Å²) in [6.07, 6.45) is 5.85. The van der Waals surface area contributed by atoms with Gasteiger partial charge in [-0.15, -0.1) is 0 Å². The Morgan fingerprint density at radius 3 is 2.43 bits per heavy atom. The maximum absolute atomic E-state index is 4.58. The van der Waals surface area contributed by atoms with E-state index in [1.54, 1.807) is 0 Å². The topological polar surface area (TPSA) is 28.2 Å². The van der Waals surface area contributed by atoms with E-state index in [1.165, 1.54) is 24.8 Å². The van der Waals surface area contributed by atoms with Crippen molar-refractivity contribution in [3.63, 3.8) is 0 Å². The fraction of sp³-hybridized carbons (Fsp3) is 0.353. The molecule has 1 saturated heterocycles. The Hall–Kier alpha value is -1.55. The van der Waals surface area contributed by atoms with Crippen LogP contribution in [-0.4, -0.2) is 18.1 Å². The number of halogens is 1. The Morgan fingerprint density at radius 2 is 1.76 bits per heavy atom. The standard InChI is InChI=1S/C17H20BrN3/c18-15-6-4-14(5-7-15)12-19-16-8-9-17(20-13-16)21-10-2-1-3-11-21/h4-9,13,19H,1-3,10-12H2. The number of nitrogens with one attached hydrogen (secondary N) is 1. The molecule has 21 heavy (non-hydrogen) atoms. The van der Waals surface area contributed by atoms with E-state index in [2.05, 4.69) is 67.5 Å². The molecular formula is C17H20BrN3. The molecule has 110 valence electrons. The Morgan fingerprint density at radius 1 is 1.00 bits per heavy atom. The van der Waals surface area contributed by atoms with E-state index in [0.29, 0.717) is 0 Å². The monoisotopic (exact) mass is 345 g/mol. The molecule has 1 aromatic heterocycles. The number of benzene rings is 1. The minimum atomic E-state index is 0.817. The van der Waals surface area contributed by atoms with E-state index in [4.69, 9.17) is 0 Å². The highest BCUT2D eigenvalue weighted by molar-refractivity contribution is 9.10. The van der Waals surface area contributed by atoms with Gasteiger partial charge in [0.2, 0.25) is 0 Å². The van der Waals surface area contributed by atoms with Crippen molar-refractivity contribution in [3.8, 4) is 0 Å². The number of rotatable bonds is 4. The van der Waals surface area contributed by atoms with E-state index in [-0.39, 0.29) is 0 Å². The maximum Gasteiger partial charge on any atom is 0.128 e. The summed E-state index contributed by atoms with van der Waals surface area (Å²) < 4.78 is 1.11.